The van der Waals surface area contributed by atoms with Gasteiger partial charge in [0.15, 0.2) is 0 Å². The molecule has 136 valence electrons. The zero-order valence-electron chi connectivity index (χ0n) is 15.0. The summed E-state index contributed by atoms with van der Waals surface area (Å²) in [5, 5.41) is 1.14. The maximum atomic E-state index is 12.7. The summed E-state index contributed by atoms with van der Waals surface area (Å²) >= 11 is 3.12. The Balaban J connectivity index is 1.87. The summed E-state index contributed by atoms with van der Waals surface area (Å²) in [7, 11) is 3.38. The number of carbonyl (C=O) groups is 3. The molecule has 0 N–H and O–H groups in total. The number of likely N-dealkylation sites (N-methyl/N-ethyl adjacent to an activating group) is 2. The van der Waals surface area contributed by atoms with Crippen molar-refractivity contribution in [2.45, 2.75) is 32.1 Å². The van der Waals surface area contributed by atoms with Crippen LogP contribution < -0.4 is 4.90 Å². The summed E-state index contributed by atoms with van der Waals surface area (Å²) in [6.07, 6.45) is 0.668. The lowest BCUT2D eigenvalue weighted by Crippen LogP contribution is -2.38. The fourth-order valence-corrected chi connectivity index (χ4v) is 5.06. The Labute approximate surface area is 156 Å². The van der Waals surface area contributed by atoms with Crippen molar-refractivity contribution in [1.29, 1.82) is 0 Å². The average molecular weight is 382 g/mol. The van der Waals surface area contributed by atoms with Gasteiger partial charge in [0.1, 0.15) is 11.5 Å². The molecule has 25 heavy (non-hydrogen) atoms. The first-order valence-electron chi connectivity index (χ1n) is 8.35. The number of carbonyl (C=O) groups excluding carboxylic acids is 3. The van der Waals surface area contributed by atoms with Crippen LogP contribution in [0.15, 0.2) is 0 Å². The molecule has 1 aromatic rings. The molecule has 8 heteroatoms. The largest absolute Gasteiger partial charge is 0.336 e. The third kappa shape index (κ3) is 3.42. The van der Waals surface area contributed by atoms with Crippen molar-refractivity contribution in [2.75, 3.05) is 37.8 Å². The number of thiophene rings is 1. The standard InChI is InChI=1S/C17H23N3O3S2/c1-10(2)24-9-14(22)20-6-5-11-12(7-20)25-17-15(11)16(23)18(3)8-13(21)19(17)4/h10H,5-9H2,1-4H3. The van der Waals surface area contributed by atoms with E-state index in [0.29, 0.717) is 36.1 Å². The summed E-state index contributed by atoms with van der Waals surface area (Å²) in [5.41, 5.74) is 1.67. The number of hydrogen-bond acceptors (Lipinski definition) is 5. The number of anilines is 1. The van der Waals surface area contributed by atoms with E-state index >= 15 is 0 Å². The number of rotatable bonds is 3. The molecule has 3 amide bonds. The van der Waals surface area contributed by atoms with Gasteiger partial charge in [0, 0.05) is 25.5 Å². The van der Waals surface area contributed by atoms with E-state index in [2.05, 4.69) is 13.8 Å². The zero-order chi connectivity index (χ0) is 18.3. The molecule has 0 aliphatic carbocycles. The smallest absolute Gasteiger partial charge is 0.257 e. The van der Waals surface area contributed by atoms with Crippen molar-refractivity contribution >= 4 is 45.8 Å². The van der Waals surface area contributed by atoms with Crippen molar-refractivity contribution in [3.8, 4) is 0 Å². The third-order valence-corrected chi connectivity index (χ3v) is 6.92. The molecule has 3 rings (SSSR count). The minimum absolute atomic E-state index is 0.0885. The van der Waals surface area contributed by atoms with Gasteiger partial charge < -0.3 is 14.7 Å². The van der Waals surface area contributed by atoms with E-state index in [4.69, 9.17) is 0 Å². The van der Waals surface area contributed by atoms with Crippen molar-refractivity contribution in [2.24, 2.45) is 0 Å². The Morgan fingerprint density at radius 3 is 2.64 bits per heavy atom. The molecule has 3 heterocycles. The van der Waals surface area contributed by atoms with Crippen LogP contribution in [0.4, 0.5) is 5.00 Å². The molecular formula is C17H23N3O3S2. The Morgan fingerprint density at radius 2 is 1.96 bits per heavy atom. The summed E-state index contributed by atoms with van der Waals surface area (Å²) < 4.78 is 0. The highest BCUT2D eigenvalue weighted by Gasteiger charge is 2.36. The lowest BCUT2D eigenvalue weighted by atomic mass is 10.0. The first-order valence-corrected chi connectivity index (χ1v) is 10.2. The second-order valence-corrected chi connectivity index (χ2v) is 9.37. The number of thioether (sulfide) groups is 1. The first kappa shape index (κ1) is 18.3. The van der Waals surface area contributed by atoms with Crippen LogP contribution in [-0.2, 0) is 22.6 Å². The maximum absolute atomic E-state index is 12.7. The highest BCUT2D eigenvalue weighted by atomic mass is 32.2. The average Bonchev–Trinajstić information content (AvgIpc) is 2.92. The lowest BCUT2D eigenvalue weighted by molar-refractivity contribution is -0.129. The van der Waals surface area contributed by atoms with Gasteiger partial charge in [-0.05, 0) is 17.2 Å². The van der Waals surface area contributed by atoms with Crippen molar-refractivity contribution < 1.29 is 14.4 Å². The van der Waals surface area contributed by atoms with E-state index in [0.717, 1.165) is 15.4 Å². The van der Waals surface area contributed by atoms with Crippen LogP contribution >= 0.6 is 23.1 Å². The monoisotopic (exact) mass is 381 g/mol. The Kier molecular flexibility index (Phi) is 5.11. The van der Waals surface area contributed by atoms with Gasteiger partial charge in [0.25, 0.3) is 5.91 Å². The maximum Gasteiger partial charge on any atom is 0.257 e. The van der Waals surface area contributed by atoms with E-state index in [1.54, 1.807) is 30.8 Å². The van der Waals surface area contributed by atoms with Gasteiger partial charge in [-0.15, -0.1) is 23.1 Å². The predicted octanol–water partition coefficient (Wildman–Crippen LogP) is 1.82. The fraction of sp³-hybridized carbons (Fsp3) is 0.588. The molecule has 0 saturated heterocycles. The fourth-order valence-electron chi connectivity index (χ4n) is 3.07. The van der Waals surface area contributed by atoms with Crippen LogP contribution in [0.3, 0.4) is 0 Å². The minimum Gasteiger partial charge on any atom is -0.336 e. The van der Waals surface area contributed by atoms with Crippen LogP contribution in [0.1, 0.15) is 34.6 Å². The third-order valence-electron chi connectivity index (χ3n) is 4.54. The molecule has 0 atom stereocenters. The van der Waals surface area contributed by atoms with Gasteiger partial charge in [0.2, 0.25) is 11.8 Å². The van der Waals surface area contributed by atoms with Crippen LogP contribution in [0.25, 0.3) is 0 Å². The van der Waals surface area contributed by atoms with Gasteiger partial charge in [-0.1, -0.05) is 13.8 Å². The SMILES string of the molecule is CC(C)SCC(=O)N1CCc2c(sc3c2C(=O)N(C)CC(=O)N3C)C1. The van der Waals surface area contributed by atoms with E-state index < -0.39 is 0 Å². The normalized spacial score (nSPS) is 17.7. The molecule has 2 aliphatic heterocycles. The lowest BCUT2D eigenvalue weighted by Gasteiger charge is -2.27. The summed E-state index contributed by atoms with van der Waals surface area (Å²) in [6.45, 7) is 5.42. The number of hydrogen-bond donors (Lipinski definition) is 0. The molecule has 0 spiro atoms. The van der Waals surface area contributed by atoms with Crippen molar-refractivity contribution in [1.82, 2.24) is 9.80 Å². The van der Waals surface area contributed by atoms with E-state index in [1.165, 1.54) is 16.2 Å². The highest BCUT2D eigenvalue weighted by Crippen LogP contribution is 2.40. The number of fused-ring (bicyclic) bond motifs is 3. The molecule has 0 saturated carbocycles. The van der Waals surface area contributed by atoms with Crippen LogP contribution in [0.2, 0.25) is 0 Å². The molecule has 6 nitrogen and oxygen atoms in total. The molecule has 1 aromatic heterocycles. The summed E-state index contributed by atoms with van der Waals surface area (Å²) in [4.78, 5) is 43.3. The topological polar surface area (TPSA) is 60.9 Å². The van der Waals surface area contributed by atoms with Gasteiger partial charge in [-0.2, -0.15) is 0 Å². The van der Waals surface area contributed by atoms with Crippen LogP contribution in [0, 0.1) is 0 Å². The van der Waals surface area contributed by atoms with Gasteiger partial charge in [-0.3, -0.25) is 14.4 Å². The van der Waals surface area contributed by atoms with Gasteiger partial charge >= 0.3 is 0 Å². The quantitative estimate of drug-likeness (QED) is 0.801. The van der Waals surface area contributed by atoms with Gasteiger partial charge in [-0.25, -0.2) is 0 Å². The molecule has 0 radical (unpaired) electrons. The second kappa shape index (κ2) is 6.99. The molecule has 0 unspecified atom stereocenters. The number of nitrogens with zero attached hydrogens (tertiary/aromatic N) is 3. The van der Waals surface area contributed by atoms with Crippen LogP contribution in [0.5, 0.6) is 0 Å². The highest BCUT2D eigenvalue weighted by molar-refractivity contribution is 8.00. The summed E-state index contributed by atoms with van der Waals surface area (Å²) in [5.74, 6) is 0.439. The van der Waals surface area contributed by atoms with E-state index in [1.807, 2.05) is 4.90 Å². The molecule has 0 aromatic carbocycles. The Hall–Kier alpha value is -1.54. The first-order chi connectivity index (χ1) is 11.8. The van der Waals surface area contributed by atoms with Crippen LogP contribution in [-0.4, -0.2) is 65.7 Å². The predicted molar refractivity (Wildman–Crippen MR) is 101 cm³/mol. The van der Waals surface area contributed by atoms with Gasteiger partial charge in [0.05, 0.1) is 17.9 Å². The molecule has 2 aliphatic rings. The second-order valence-electron chi connectivity index (χ2n) is 6.72. The molecular weight excluding hydrogens is 358 g/mol. The van der Waals surface area contributed by atoms with E-state index in [-0.39, 0.29) is 24.3 Å². The van der Waals surface area contributed by atoms with Crippen molar-refractivity contribution in [3.63, 3.8) is 0 Å². The Bertz CT molecular complexity index is 729. The molecule has 0 fully saturated rings. The molecule has 0 bridgehead atoms. The zero-order valence-corrected chi connectivity index (χ0v) is 16.6. The van der Waals surface area contributed by atoms with Crippen molar-refractivity contribution in [3.05, 3.63) is 16.0 Å². The minimum atomic E-state index is -0.0969. The summed E-state index contributed by atoms with van der Waals surface area (Å²) in [6, 6.07) is 0. The Morgan fingerprint density at radius 1 is 1.24 bits per heavy atom. The number of amides is 3. The van der Waals surface area contributed by atoms with E-state index in [9.17, 15) is 14.4 Å².